The van der Waals surface area contributed by atoms with E-state index in [4.69, 9.17) is 5.73 Å². The van der Waals surface area contributed by atoms with Gasteiger partial charge in [-0.1, -0.05) is 23.9 Å². The lowest BCUT2D eigenvalue weighted by Gasteiger charge is -2.06. The van der Waals surface area contributed by atoms with Gasteiger partial charge in [0, 0.05) is 23.0 Å². The Hall–Kier alpha value is -1.30. The first-order valence-corrected chi connectivity index (χ1v) is 7.78. The topological polar surface area (TPSA) is 43.3 Å². The molecule has 0 saturated carbocycles. The normalized spacial score (nSPS) is 11.3. The minimum Gasteiger partial charge on any atom is -0.325 e. The van der Waals surface area contributed by atoms with Crippen molar-refractivity contribution in [3.8, 4) is 0 Å². The highest BCUT2D eigenvalue weighted by Crippen LogP contribution is 2.33. The maximum Gasteiger partial charge on any atom is 0.194 e. The first kappa shape index (κ1) is 12.7. The van der Waals surface area contributed by atoms with Crippen LogP contribution in [0.15, 0.2) is 39.7 Å². The summed E-state index contributed by atoms with van der Waals surface area (Å²) in [5.41, 5.74) is 9.50. The lowest BCUT2D eigenvalue weighted by Crippen LogP contribution is -2.01. The fourth-order valence-corrected chi connectivity index (χ4v) is 3.91. The van der Waals surface area contributed by atoms with Crippen molar-refractivity contribution >= 4 is 28.1 Å². The number of aromatic nitrogens is 2. The second-order valence-corrected chi connectivity index (χ2v) is 6.40. The van der Waals surface area contributed by atoms with Gasteiger partial charge in [-0.05, 0) is 31.0 Å². The van der Waals surface area contributed by atoms with E-state index < -0.39 is 0 Å². The van der Waals surface area contributed by atoms with Crippen molar-refractivity contribution in [2.45, 2.75) is 30.3 Å². The SMILES string of the molecule is Cc1ccc(C)c(Sc2nc3sccn3c2CN)c1. The number of hydrogen-bond acceptors (Lipinski definition) is 4. The molecule has 98 valence electrons. The van der Waals surface area contributed by atoms with Crippen LogP contribution in [0.25, 0.3) is 4.96 Å². The smallest absolute Gasteiger partial charge is 0.194 e. The summed E-state index contributed by atoms with van der Waals surface area (Å²) in [4.78, 5) is 6.93. The van der Waals surface area contributed by atoms with Crippen LogP contribution in [-0.4, -0.2) is 9.38 Å². The number of aryl methyl sites for hydroxylation is 2. The summed E-state index contributed by atoms with van der Waals surface area (Å²) in [5.74, 6) is 0. The molecule has 0 bridgehead atoms. The number of fused-ring (bicyclic) bond motifs is 1. The summed E-state index contributed by atoms with van der Waals surface area (Å²) >= 11 is 3.34. The molecule has 2 N–H and O–H groups in total. The van der Waals surface area contributed by atoms with E-state index in [0.717, 1.165) is 15.7 Å². The van der Waals surface area contributed by atoms with Gasteiger partial charge in [0.15, 0.2) is 4.96 Å². The number of thiazole rings is 1. The predicted octanol–water partition coefficient (Wildman–Crippen LogP) is 3.62. The summed E-state index contributed by atoms with van der Waals surface area (Å²) in [5, 5.41) is 3.05. The molecule has 0 radical (unpaired) electrons. The van der Waals surface area contributed by atoms with Gasteiger partial charge in [0.25, 0.3) is 0 Å². The zero-order valence-corrected chi connectivity index (χ0v) is 12.5. The second-order valence-electron chi connectivity index (χ2n) is 4.49. The minimum atomic E-state index is 0.505. The monoisotopic (exact) mass is 289 g/mol. The van der Waals surface area contributed by atoms with Crippen LogP contribution >= 0.6 is 23.1 Å². The fourth-order valence-electron chi connectivity index (χ4n) is 2.00. The lowest BCUT2D eigenvalue weighted by atomic mass is 10.2. The summed E-state index contributed by atoms with van der Waals surface area (Å²) in [6, 6.07) is 6.49. The summed E-state index contributed by atoms with van der Waals surface area (Å²) < 4.78 is 2.08. The standard InChI is InChI=1S/C14H15N3S2/c1-9-3-4-10(2)12(7-9)19-13-11(8-15)17-5-6-18-14(17)16-13/h3-7H,8,15H2,1-2H3. The summed E-state index contributed by atoms with van der Waals surface area (Å²) in [6.45, 7) is 4.74. The van der Waals surface area contributed by atoms with Crippen molar-refractivity contribution in [3.63, 3.8) is 0 Å². The highest BCUT2D eigenvalue weighted by molar-refractivity contribution is 7.99. The fraction of sp³-hybridized carbons (Fsp3) is 0.214. The maximum atomic E-state index is 5.87. The zero-order chi connectivity index (χ0) is 13.4. The largest absolute Gasteiger partial charge is 0.325 e. The van der Waals surface area contributed by atoms with Crippen molar-refractivity contribution in [2.24, 2.45) is 5.73 Å². The highest BCUT2D eigenvalue weighted by Gasteiger charge is 2.13. The molecular formula is C14H15N3S2. The zero-order valence-electron chi connectivity index (χ0n) is 10.9. The van der Waals surface area contributed by atoms with Gasteiger partial charge in [-0.3, -0.25) is 4.40 Å². The molecule has 0 saturated heterocycles. The van der Waals surface area contributed by atoms with Crippen molar-refractivity contribution in [2.75, 3.05) is 0 Å². The Bertz CT molecular complexity index is 727. The molecular weight excluding hydrogens is 274 g/mol. The van der Waals surface area contributed by atoms with Crippen molar-refractivity contribution < 1.29 is 0 Å². The molecule has 0 amide bonds. The molecule has 2 aromatic heterocycles. The van der Waals surface area contributed by atoms with Gasteiger partial charge < -0.3 is 5.73 Å². The van der Waals surface area contributed by atoms with E-state index in [1.165, 1.54) is 16.0 Å². The molecule has 3 rings (SSSR count). The van der Waals surface area contributed by atoms with Gasteiger partial charge in [-0.15, -0.1) is 11.3 Å². The second kappa shape index (κ2) is 5.00. The number of nitrogens with zero attached hydrogens (tertiary/aromatic N) is 2. The first-order valence-electron chi connectivity index (χ1n) is 6.08. The van der Waals surface area contributed by atoms with Crippen LogP contribution in [0.2, 0.25) is 0 Å². The molecule has 2 heterocycles. The van der Waals surface area contributed by atoms with Crippen LogP contribution in [0.5, 0.6) is 0 Å². The van der Waals surface area contributed by atoms with Gasteiger partial charge in [-0.2, -0.15) is 0 Å². The number of nitrogens with two attached hydrogens (primary N) is 1. The van der Waals surface area contributed by atoms with Crippen LogP contribution in [0.1, 0.15) is 16.8 Å². The third-order valence-corrected chi connectivity index (χ3v) is 5.00. The molecule has 3 aromatic rings. The molecule has 19 heavy (non-hydrogen) atoms. The van der Waals surface area contributed by atoms with Gasteiger partial charge in [-0.25, -0.2) is 4.98 Å². The maximum absolute atomic E-state index is 5.87. The van der Waals surface area contributed by atoms with Crippen molar-refractivity contribution in [1.82, 2.24) is 9.38 Å². The lowest BCUT2D eigenvalue weighted by molar-refractivity contribution is 0.924. The van der Waals surface area contributed by atoms with Crippen LogP contribution in [0.3, 0.4) is 0 Å². The van der Waals surface area contributed by atoms with Gasteiger partial charge >= 0.3 is 0 Å². The molecule has 0 aliphatic carbocycles. The molecule has 5 heteroatoms. The minimum absolute atomic E-state index is 0.505. The van der Waals surface area contributed by atoms with Gasteiger partial charge in [0.2, 0.25) is 0 Å². The molecule has 0 aliphatic rings. The van der Waals surface area contributed by atoms with Gasteiger partial charge in [0.1, 0.15) is 5.03 Å². The van der Waals surface area contributed by atoms with E-state index in [0.29, 0.717) is 6.54 Å². The van der Waals surface area contributed by atoms with Crippen LogP contribution in [-0.2, 0) is 6.54 Å². The van der Waals surface area contributed by atoms with Crippen LogP contribution < -0.4 is 5.73 Å². The third kappa shape index (κ3) is 2.29. The number of benzene rings is 1. The summed E-state index contributed by atoms with van der Waals surface area (Å²) in [6.07, 6.45) is 2.03. The quantitative estimate of drug-likeness (QED) is 0.801. The first-order chi connectivity index (χ1) is 9.19. The Kier molecular flexibility index (Phi) is 3.35. The van der Waals surface area contributed by atoms with E-state index in [2.05, 4.69) is 41.4 Å². The molecule has 0 spiro atoms. The summed E-state index contributed by atoms with van der Waals surface area (Å²) in [7, 11) is 0. The average molecular weight is 289 g/mol. The van der Waals surface area contributed by atoms with Crippen molar-refractivity contribution in [1.29, 1.82) is 0 Å². The number of hydrogen-bond donors (Lipinski definition) is 1. The van der Waals surface area contributed by atoms with E-state index in [1.807, 2.05) is 11.6 Å². The van der Waals surface area contributed by atoms with E-state index in [9.17, 15) is 0 Å². The molecule has 1 aromatic carbocycles. The van der Waals surface area contributed by atoms with E-state index in [1.54, 1.807) is 23.1 Å². The van der Waals surface area contributed by atoms with E-state index >= 15 is 0 Å². The number of rotatable bonds is 3. The third-order valence-electron chi connectivity index (χ3n) is 3.07. The van der Waals surface area contributed by atoms with E-state index in [-0.39, 0.29) is 0 Å². The Morgan fingerprint density at radius 2 is 2.21 bits per heavy atom. The molecule has 3 nitrogen and oxygen atoms in total. The Morgan fingerprint density at radius 3 is 3.00 bits per heavy atom. The predicted molar refractivity (Wildman–Crippen MR) is 81.0 cm³/mol. The Morgan fingerprint density at radius 1 is 1.37 bits per heavy atom. The van der Waals surface area contributed by atoms with Gasteiger partial charge in [0.05, 0.1) is 5.69 Å². The Balaban J connectivity index is 2.05. The average Bonchev–Trinajstić information content (AvgIpc) is 2.94. The molecule has 0 unspecified atom stereocenters. The highest BCUT2D eigenvalue weighted by atomic mass is 32.2. The molecule has 0 aliphatic heterocycles. The van der Waals surface area contributed by atoms with Crippen LogP contribution in [0, 0.1) is 13.8 Å². The van der Waals surface area contributed by atoms with Crippen molar-refractivity contribution in [3.05, 3.63) is 46.6 Å². The van der Waals surface area contributed by atoms with Crippen LogP contribution in [0.4, 0.5) is 0 Å². The Labute approximate surface area is 120 Å². The number of imidazole rings is 1. The molecule has 0 fully saturated rings. The molecule has 0 atom stereocenters.